The lowest BCUT2D eigenvalue weighted by Gasteiger charge is -2.15. The van der Waals surface area contributed by atoms with E-state index in [0.717, 1.165) is 42.0 Å². The molecule has 0 fully saturated rings. The predicted molar refractivity (Wildman–Crippen MR) is 142 cm³/mol. The number of rotatable bonds is 7. The molecule has 12 heteroatoms. The Labute approximate surface area is 217 Å². The number of hydrogen-bond donors (Lipinski definition) is 5. The van der Waals surface area contributed by atoms with Gasteiger partial charge < -0.3 is 9.88 Å². The normalized spacial score (nSPS) is 14.0. The average molecular weight is 512 g/mol. The van der Waals surface area contributed by atoms with Gasteiger partial charge in [0.25, 0.3) is 5.91 Å². The Morgan fingerprint density at radius 3 is 2.76 bits per heavy atom. The standard InChI is InChI=1S/C26H25N9O3/c1-38-32-25(37)21-14-35(19-10-7-16-3-2-4-17(16)12-19)24-20(23(21)36)13-27-26(29-24)28-18-8-5-15(6-9-18)11-22-30-33-34-31-22/h5-10,12-14,33-34H,2-4,11H2,1H3,(H,30,31)(H,32,37)(H,27,28,29). The average Bonchev–Trinajstić information content (AvgIpc) is 3.62. The number of benzene rings is 2. The summed E-state index contributed by atoms with van der Waals surface area (Å²) in [7, 11) is 1.32. The molecule has 1 aliphatic carbocycles. The number of pyridine rings is 1. The number of nitrogens with zero attached hydrogens (tertiary/aromatic N) is 4. The lowest BCUT2D eigenvalue weighted by molar-refractivity contribution is 0.0536. The summed E-state index contributed by atoms with van der Waals surface area (Å²) >= 11 is 0. The molecule has 3 heterocycles. The van der Waals surface area contributed by atoms with Crippen molar-refractivity contribution in [3.8, 4) is 5.69 Å². The van der Waals surface area contributed by atoms with Crippen LogP contribution < -0.4 is 32.7 Å². The Balaban J connectivity index is 1.38. The maximum atomic E-state index is 13.2. The smallest absolute Gasteiger partial charge is 0.280 e. The van der Waals surface area contributed by atoms with Crippen molar-refractivity contribution in [1.82, 2.24) is 36.5 Å². The van der Waals surface area contributed by atoms with Crippen molar-refractivity contribution >= 4 is 34.4 Å². The number of hydroxylamine groups is 1. The van der Waals surface area contributed by atoms with Crippen LogP contribution in [0.1, 0.15) is 33.5 Å². The van der Waals surface area contributed by atoms with Crippen molar-refractivity contribution in [3.05, 3.63) is 87.3 Å². The SMILES string of the molecule is CONC(=O)c1cn(-c2ccc3c(c2)CCC3)c2nc(Nc3ccc(CC4=NNNN4)cc3)ncc2c1=O. The number of carbonyl (C=O) groups excluding carboxylic acids is 1. The van der Waals surface area contributed by atoms with Crippen molar-refractivity contribution in [1.29, 1.82) is 0 Å². The second kappa shape index (κ2) is 9.92. The molecule has 0 saturated carbocycles. The van der Waals surface area contributed by atoms with Crippen molar-refractivity contribution < 1.29 is 9.63 Å². The van der Waals surface area contributed by atoms with Gasteiger partial charge in [-0.15, -0.1) is 10.6 Å². The molecule has 192 valence electrons. The summed E-state index contributed by atoms with van der Waals surface area (Å²) < 4.78 is 1.76. The fourth-order valence-electron chi connectivity index (χ4n) is 4.72. The Bertz CT molecular complexity index is 1630. The Hall–Kier alpha value is -4.81. The summed E-state index contributed by atoms with van der Waals surface area (Å²) in [6.45, 7) is 0. The zero-order valence-electron chi connectivity index (χ0n) is 20.5. The number of hydrazine groups is 2. The van der Waals surface area contributed by atoms with E-state index in [4.69, 9.17) is 4.84 Å². The molecule has 0 spiro atoms. The van der Waals surface area contributed by atoms with Crippen LogP contribution >= 0.6 is 0 Å². The van der Waals surface area contributed by atoms with E-state index in [1.165, 1.54) is 30.6 Å². The van der Waals surface area contributed by atoms with Gasteiger partial charge in [0.1, 0.15) is 11.4 Å². The number of amidine groups is 1. The van der Waals surface area contributed by atoms with Gasteiger partial charge in [0, 0.05) is 30.2 Å². The van der Waals surface area contributed by atoms with Crippen LogP contribution in [0.4, 0.5) is 11.6 Å². The molecule has 0 unspecified atom stereocenters. The number of aryl methyl sites for hydroxylation is 2. The van der Waals surface area contributed by atoms with Gasteiger partial charge in [-0.05, 0) is 60.2 Å². The second-order valence-corrected chi connectivity index (χ2v) is 9.03. The largest absolute Gasteiger partial charge is 0.324 e. The van der Waals surface area contributed by atoms with Gasteiger partial charge in [-0.2, -0.15) is 4.98 Å². The topological polar surface area (TPSA) is 147 Å². The molecule has 4 aromatic rings. The van der Waals surface area contributed by atoms with Crippen molar-refractivity contribution in [2.45, 2.75) is 25.7 Å². The van der Waals surface area contributed by atoms with Gasteiger partial charge in [0.05, 0.1) is 12.5 Å². The monoisotopic (exact) mass is 511 g/mol. The lowest BCUT2D eigenvalue weighted by Crippen LogP contribution is -2.35. The predicted octanol–water partition coefficient (Wildman–Crippen LogP) is 1.77. The molecule has 2 aromatic heterocycles. The van der Waals surface area contributed by atoms with Gasteiger partial charge in [0.2, 0.25) is 11.4 Å². The fourth-order valence-corrected chi connectivity index (χ4v) is 4.72. The molecule has 1 aliphatic heterocycles. The van der Waals surface area contributed by atoms with E-state index in [-0.39, 0.29) is 10.9 Å². The zero-order valence-corrected chi connectivity index (χ0v) is 20.5. The summed E-state index contributed by atoms with van der Waals surface area (Å²) in [5, 5.41) is 7.52. The highest BCUT2D eigenvalue weighted by Gasteiger charge is 2.19. The molecule has 5 N–H and O–H groups in total. The Morgan fingerprint density at radius 1 is 1.13 bits per heavy atom. The summed E-state index contributed by atoms with van der Waals surface area (Å²) in [4.78, 5) is 39.6. The van der Waals surface area contributed by atoms with Crippen LogP contribution in [0.2, 0.25) is 0 Å². The van der Waals surface area contributed by atoms with Gasteiger partial charge in [0.15, 0.2) is 5.65 Å². The number of fused-ring (bicyclic) bond motifs is 2. The first kappa shape index (κ1) is 23.6. The Morgan fingerprint density at radius 2 is 1.97 bits per heavy atom. The van der Waals surface area contributed by atoms with E-state index >= 15 is 0 Å². The third-order valence-electron chi connectivity index (χ3n) is 6.58. The molecule has 6 rings (SSSR count). The minimum absolute atomic E-state index is 0.0634. The van der Waals surface area contributed by atoms with Crippen molar-refractivity contribution in [2.24, 2.45) is 5.10 Å². The maximum absolute atomic E-state index is 13.2. The van der Waals surface area contributed by atoms with Crippen molar-refractivity contribution in [2.75, 3.05) is 12.4 Å². The van der Waals surface area contributed by atoms with E-state index in [0.29, 0.717) is 18.0 Å². The van der Waals surface area contributed by atoms with Crippen molar-refractivity contribution in [3.63, 3.8) is 0 Å². The zero-order chi connectivity index (χ0) is 26.1. The number of amides is 1. The summed E-state index contributed by atoms with van der Waals surface area (Å²) in [5.41, 5.74) is 15.6. The van der Waals surface area contributed by atoms with Crippen LogP contribution in [-0.2, 0) is 24.1 Å². The summed E-state index contributed by atoms with van der Waals surface area (Å²) in [6, 6.07) is 14.0. The molecule has 0 bridgehead atoms. The molecule has 12 nitrogen and oxygen atoms in total. The van der Waals surface area contributed by atoms with Crippen LogP contribution in [0.3, 0.4) is 0 Å². The summed E-state index contributed by atoms with van der Waals surface area (Å²) in [5.74, 6) is 0.470. The molecule has 0 atom stereocenters. The third kappa shape index (κ3) is 4.53. The number of anilines is 2. The molecular weight excluding hydrogens is 486 g/mol. The van der Waals surface area contributed by atoms with E-state index in [2.05, 4.69) is 54.5 Å². The second-order valence-electron chi connectivity index (χ2n) is 9.03. The highest BCUT2D eigenvalue weighted by Crippen LogP contribution is 2.26. The number of hydrogen-bond acceptors (Lipinski definition) is 10. The first-order valence-corrected chi connectivity index (χ1v) is 12.2. The minimum Gasteiger partial charge on any atom is -0.324 e. The number of hydrazone groups is 1. The van der Waals surface area contributed by atoms with E-state index in [1.807, 2.05) is 30.3 Å². The number of nitrogens with one attached hydrogen (secondary N) is 5. The molecule has 0 saturated heterocycles. The number of aromatic nitrogens is 3. The lowest BCUT2D eigenvalue weighted by atomic mass is 10.1. The van der Waals surface area contributed by atoms with Gasteiger partial charge >= 0.3 is 0 Å². The molecule has 38 heavy (non-hydrogen) atoms. The van der Waals surface area contributed by atoms with Crippen LogP contribution in [-0.4, -0.2) is 33.4 Å². The fraction of sp³-hybridized carbons (Fsp3) is 0.192. The number of carbonyl (C=O) groups is 1. The molecule has 1 amide bonds. The molecule has 2 aromatic carbocycles. The molecule has 2 aliphatic rings. The molecule has 0 radical (unpaired) electrons. The van der Waals surface area contributed by atoms with E-state index in [9.17, 15) is 9.59 Å². The summed E-state index contributed by atoms with van der Waals surface area (Å²) in [6.07, 6.45) is 6.74. The quantitative estimate of drug-likeness (QED) is 0.234. The van der Waals surface area contributed by atoms with Crippen LogP contribution in [0.15, 0.2) is 64.8 Å². The van der Waals surface area contributed by atoms with Crippen LogP contribution in [0.25, 0.3) is 16.7 Å². The highest BCUT2D eigenvalue weighted by atomic mass is 16.6. The van der Waals surface area contributed by atoms with Crippen LogP contribution in [0, 0.1) is 0 Å². The first-order valence-electron chi connectivity index (χ1n) is 12.2. The maximum Gasteiger partial charge on any atom is 0.280 e. The van der Waals surface area contributed by atoms with E-state index in [1.54, 1.807) is 4.57 Å². The minimum atomic E-state index is -0.637. The Kier molecular flexibility index (Phi) is 6.15. The van der Waals surface area contributed by atoms with Gasteiger partial charge in [-0.3, -0.25) is 19.9 Å². The van der Waals surface area contributed by atoms with Gasteiger partial charge in [-0.1, -0.05) is 18.2 Å². The van der Waals surface area contributed by atoms with Gasteiger partial charge in [-0.25, -0.2) is 16.0 Å². The van der Waals surface area contributed by atoms with E-state index < -0.39 is 11.3 Å². The highest BCUT2D eigenvalue weighted by molar-refractivity contribution is 5.96. The molecular formula is C26H25N9O3. The third-order valence-corrected chi connectivity index (χ3v) is 6.58. The van der Waals surface area contributed by atoms with Crippen LogP contribution in [0.5, 0.6) is 0 Å². The first-order chi connectivity index (χ1) is 18.6.